The van der Waals surface area contributed by atoms with Crippen molar-refractivity contribution in [2.45, 2.75) is 39.5 Å². The van der Waals surface area contributed by atoms with Crippen molar-refractivity contribution in [2.75, 3.05) is 6.54 Å². The SMILES string of the molecule is CCCC[C@@H](CC)CN1C(=O)/C(=C\c2ccc(-c3cccc(Cl)c3Cl)o2)SC1=S. The van der Waals surface area contributed by atoms with E-state index in [1.54, 1.807) is 17.0 Å². The summed E-state index contributed by atoms with van der Waals surface area (Å²) in [5, 5.41) is 0.913. The molecule has 3 rings (SSSR count). The van der Waals surface area contributed by atoms with Crippen LogP contribution in [0.15, 0.2) is 39.7 Å². The quantitative estimate of drug-likeness (QED) is 0.294. The number of thioether (sulfide) groups is 1. The summed E-state index contributed by atoms with van der Waals surface area (Å²) >= 11 is 19.2. The number of amides is 1. The summed E-state index contributed by atoms with van der Waals surface area (Å²) in [6, 6.07) is 9.03. The van der Waals surface area contributed by atoms with Crippen molar-refractivity contribution in [2.24, 2.45) is 5.92 Å². The van der Waals surface area contributed by atoms with Crippen molar-refractivity contribution < 1.29 is 9.21 Å². The Balaban J connectivity index is 1.76. The molecule has 1 aliphatic rings. The van der Waals surface area contributed by atoms with Crippen molar-refractivity contribution >= 4 is 63.5 Å². The van der Waals surface area contributed by atoms with E-state index in [4.69, 9.17) is 39.8 Å². The molecule has 3 nitrogen and oxygen atoms in total. The second-order valence-electron chi connectivity index (χ2n) is 7.01. The zero-order valence-corrected chi connectivity index (χ0v) is 19.6. The van der Waals surface area contributed by atoms with Gasteiger partial charge in [0.2, 0.25) is 0 Å². The van der Waals surface area contributed by atoms with Crippen LogP contribution >= 0.6 is 47.2 Å². The molecule has 7 heteroatoms. The fourth-order valence-corrected chi connectivity index (χ4v) is 4.88. The first kappa shape index (κ1) is 22.4. The number of furan rings is 1. The van der Waals surface area contributed by atoms with E-state index >= 15 is 0 Å². The molecule has 1 aliphatic heterocycles. The van der Waals surface area contributed by atoms with Gasteiger partial charge >= 0.3 is 0 Å². The predicted octanol–water partition coefficient (Wildman–Crippen LogP) is 7.67. The molecule has 0 aliphatic carbocycles. The van der Waals surface area contributed by atoms with Gasteiger partial charge in [-0.15, -0.1) is 0 Å². The number of halogens is 2. The Morgan fingerprint density at radius 3 is 2.76 bits per heavy atom. The van der Waals surface area contributed by atoms with Crippen molar-refractivity contribution in [3.8, 4) is 11.3 Å². The average Bonchev–Trinajstić information content (AvgIpc) is 3.27. The van der Waals surface area contributed by atoms with E-state index in [1.165, 1.54) is 18.2 Å². The van der Waals surface area contributed by atoms with Crippen molar-refractivity contribution in [3.63, 3.8) is 0 Å². The number of nitrogens with zero attached hydrogens (tertiary/aromatic N) is 1. The molecule has 154 valence electrons. The highest BCUT2D eigenvalue weighted by atomic mass is 35.5. The summed E-state index contributed by atoms with van der Waals surface area (Å²) in [5.74, 6) is 1.60. The third kappa shape index (κ3) is 5.26. The summed E-state index contributed by atoms with van der Waals surface area (Å²) in [6.45, 7) is 5.03. The van der Waals surface area contributed by atoms with Crippen molar-refractivity contribution in [1.29, 1.82) is 0 Å². The lowest BCUT2D eigenvalue weighted by Gasteiger charge is -2.21. The van der Waals surface area contributed by atoms with Crippen LogP contribution in [0.25, 0.3) is 17.4 Å². The molecule has 2 aromatic rings. The maximum absolute atomic E-state index is 12.9. The smallest absolute Gasteiger partial charge is 0.266 e. The van der Waals surface area contributed by atoms with Gasteiger partial charge in [-0.2, -0.15) is 0 Å². The van der Waals surface area contributed by atoms with E-state index in [-0.39, 0.29) is 5.91 Å². The van der Waals surface area contributed by atoms with E-state index in [9.17, 15) is 4.79 Å². The van der Waals surface area contributed by atoms with E-state index in [0.717, 1.165) is 19.3 Å². The third-order valence-corrected chi connectivity index (χ3v) is 7.17. The number of thiocarbonyl (C=S) groups is 1. The van der Waals surface area contributed by atoms with Gasteiger partial charge in [0.15, 0.2) is 0 Å². The molecule has 29 heavy (non-hydrogen) atoms. The summed E-state index contributed by atoms with van der Waals surface area (Å²) in [5.41, 5.74) is 0.716. The van der Waals surface area contributed by atoms with Crippen molar-refractivity contribution in [3.05, 3.63) is 51.0 Å². The fourth-order valence-electron chi connectivity index (χ4n) is 3.23. The largest absolute Gasteiger partial charge is 0.457 e. The standard InChI is InChI=1S/C22H23Cl2NO2S2/c1-3-5-7-14(4-2)13-25-21(26)19(29-22(25)28)12-15-10-11-18(27-15)16-8-6-9-17(23)20(16)24/h6,8-12,14H,3-5,7,13H2,1-2H3/b19-12+/t14-/m1/s1. The first-order valence-electron chi connectivity index (χ1n) is 9.74. The Hall–Kier alpha value is -1.27. The van der Waals surface area contributed by atoms with E-state index in [2.05, 4.69) is 13.8 Å². The lowest BCUT2D eigenvalue weighted by atomic mass is 9.99. The Morgan fingerprint density at radius 2 is 2.03 bits per heavy atom. The number of hydrogen-bond acceptors (Lipinski definition) is 4. The Bertz CT molecular complexity index is 939. The number of hydrogen-bond donors (Lipinski definition) is 0. The molecule has 0 spiro atoms. The molecule has 0 bridgehead atoms. The Labute approximate surface area is 191 Å². The van der Waals surface area contributed by atoms with Crippen LogP contribution in [-0.2, 0) is 4.79 Å². The zero-order valence-electron chi connectivity index (χ0n) is 16.4. The number of unbranched alkanes of at least 4 members (excludes halogenated alkanes) is 1. The highest BCUT2D eigenvalue weighted by Gasteiger charge is 2.33. The van der Waals surface area contributed by atoms with Gasteiger partial charge < -0.3 is 4.42 Å². The minimum absolute atomic E-state index is 0.0475. The van der Waals surface area contributed by atoms with E-state index < -0.39 is 0 Å². The highest BCUT2D eigenvalue weighted by molar-refractivity contribution is 8.26. The van der Waals surface area contributed by atoms with Gasteiger partial charge in [0, 0.05) is 18.2 Å². The van der Waals surface area contributed by atoms with Gasteiger partial charge in [0.25, 0.3) is 5.91 Å². The first-order chi connectivity index (χ1) is 13.9. The molecule has 1 aromatic heterocycles. The zero-order chi connectivity index (χ0) is 21.0. The summed E-state index contributed by atoms with van der Waals surface area (Å²) < 4.78 is 6.51. The average molecular weight is 468 g/mol. The molecule has 2 heterocycles. The van der Waals surface area contributed by atoms with Crippen LogP contribution in [0.5, 0.6) is 0 Å². The van der Waals surface area contributed by atoms with Gasteiger partial charge in [-0.1, -0.05) is 86.4 Å². The number of carbonyl (C=O) groups is 1. The highest BCUT2D eigenvalue weighted by Crippen LogP contribution is 2.37. The van der Waals surface area contributed by atoms with Crippen LogP contribution in [0.3, 0.4) is 0 Å². The molecule has 1 amide bonds. The van der Waals surface area contributed by atoms with Gasteiger partial charge in [0.1, 0.15) is 15.8 Å². The first-order valence-corrected chi connectivity index (χ1v) is 11.7. The summed E-state index contributed by atoms with van der Waals surface area (Å²) in [4.78, 5) is 15.2. The normalized spacial score (nSPS) is 16.8. The molecule has 1 aromatic carbocycles. The molecule has 0 saturated carbocycles. The van der Waals surface area contributed by atoms with Crippen LogP contribution in [0.1, 0.15) is 45.3 Å². The lowest BCUT2D eigenvalue weighted by Crippen LogP contribution is -2.33. The molecule has 1 saturated heterocycles. The molecular weight excluding hydrogens is 445 g/mol. The topological polar surface area (TPSA) is 33.5 Å². The number of benzene rings is 1. The van der Waals surface area contributed by atoms with Gasteiger partial charge in [-0.3, -0.25) is 9.69 Å². The van der Waals surface area contributed by atoms with Crippen LogP contribution < -0.4 is 0 Å². The van der Waals surface area contributed by atoms with E-state index in [1.807, 2.05) is 24.3 Å². The van der Waals surface area contributed by atoms with Crippen molar-refractivity contribution in [1.82, 2.24) is 4.90 Å². The molecule has 0 unspecified atom stereocenters. The van der Waals surface area contributed by atoms with Crippen LogP contribution in [-0.4, -0.2) is 21.7 Å². The lowest BCUT2D eigenvalue weighted by molar-refractivity contribution is -0.122. The van der Waals surface area contributed by atoms with Crippen LogP contribution in [0, 0.1) is 5.92 Å². The predicted molar refractivity (Wildman–Crippen MR) is 127 cm³/mol. The monoisotopic (exact) mass is 467 g/mol. The maximum atomic E-state index is 12.9. The Morgan fingerprint density at radius 1 is 1.24 bits per heavy atom. The van der Waals surface area contributed by atoms with Gasteiger partial charge in [-0.05, 0) is 36.6 Å². The molecule has 1 atom stereocenters. The minimum atomic E-state index is -0.0475. The van der Waals surface area contributed by atoms with E-state index in [0.29, 0.717) is 48.8 Å². The fraction of sp³-hybridized carbons (Fsp3) is 0.364. The second-order valence-corrected chi connectivity index (χ2v) is 9.47. The summed E-state index contributed by atoms with van der Waals surface area (Å²) in [7, 11) is 0. The minimum Gasteiger partial charge on any atom is -0.457 e. The van der Waals surface area contributed by atoms with Gasteiger partial charge in [-0.25, -0.2) is 0 Å². The number of carbonyl (C=O) groups excluding carboxylic acids is 1. The Kier molecular flexibility index (Phi) is 7.85. The molecular formula is C22H23Cl2NO2S2. The molecule has 0 radical (unpaired) electrons. The molecule has 1 fully saturated rings. The maximum Gasteiger partial charge on any atom is 0.266 e. The molecule has 0 N–H and O–H groups in total. The van der Waals surface area contributed by atoms with Crippen LogP contribution in [0.4, 0.5) is 0 Å². The third-order valence-electron chi connectivity index (χ3n) is 4.97. The second kappa shape index (κ2) is 10.2. The summed E-state index contributed by atoms with van der Waals surface area (Å²) in [6.07, 6.45) is 6.23. The van der Waals surface area contributed by atoms with Crippen LogP contribution in [0.2, 0.25) is 10.0 Å². The van der Waals surface area contributed by atoms with Gasteiger partial charge in [0.05, 0.1) is 15.0 Å². The number of rotatable bonds is 8.